The lowest BCUT2D eigenvalue weighted by atomic mass is 10.3. The Kier molecular flexibility index (Phi) is 7.50. The van der Waals surface area contributed by atoms with Gasteiger partial charge < -0.3 is 10.2 Å². The molecule has 0 unspecified atom stereocenters. The SMILES string of the molecule is N=c1c2cnc(Nc3ccc(S(=O)(=O)NCCN4CCCC4)cc3)nc2[nH]c(=O)n1-c1c(Cl)cccc1Cl. The summed E-state index contributed by atoms with van der Waals surface area (Å²) in [4.78, 5) is 26.4. The Morgan fingerprint density at radius 2 is 1.74 bits per heavy atom. The number of sulfonamides is 1. The van der Waals surface area contributed by atoms with Crippen molar-refractivity contribution in [3.63, 3.8) is 0 Å². The quantitative estimate of drug-likeness (QED) is 0.252. The molecular weight excluding hydrogens is 551 g/mol. The minimum Gasteiger partial charge on any atom is -0.324 e. The predicted octanol–water partition coefficient (Wildman–Crippen LogP) is 3.01. The number of H-pyrrole nitrogens is 1. The summed E-state index contributed by atoms with van der Waals surface area (Å²) in [6, 6.07) is 11.0. The first-order valence-electron chi connectivity index (χ1n) is 11.8. The fraction of sp³-hybridized carbons (Fsp3) is 0.250. The van der Waals surface area contributed by atoms with Gasteiger partial charge in [0.2, 0.25) is 16.0 Å². The molecule has 0 amide bonds. The maximum Gasteiger partial charge on any atom is 0.333 e. The minimum absolute atomic E-state index is 0.137. The third-order valence-corrected chi connectivity index (χ3v) is 8.28. The smallest absolute Gasteiger partial charge is 0.324 e. The Morgan fingerprint density at radius 3 is 2.42 bits per heavy atom. The van der Waals surface area contributed by atoms with E-state index < -0.39 is 15.7 Å². The molecule has 4 aromatic rings. The van der Waals surface area contributed by atoms with Crippen molar-refractivity contribution in [3.8, 4) is 5.69 Å². The number of nitrogens with one attached hydrogen (secondary N) is 4. The van der Waals surface area contributed by atoms with E-state index >= 15 is 0 Å². The second-order valence-electron chi connectivity index (χ2n) is 8.74. The van der Waals surface area contributed by atoms with Crippen LogP contribution < -0.4 is 21.2 Å². The highest BCUT2D eigenvalue weighted by Crippen LogP contribution is 2.26. The Balaban J connectivity index is 1.34. The number of nitrogens with zero attached hydrogens (tertiary/aromatic N) is 4. The van der Waals surface area contributed by atoms with E-state index in [1.807, 2.05) is 0 Å². The molecule has 0 spiro atoms. The van der Waals surface area contributed by atoms with E-state index in [1.54, 1.807) is 30.3 Å². The van der Waals surface area contributed by atoms with Crippen LogP contribution in [0.5, 0.6) is 0 Å². The highest BCUT2D eigenvalue weighted by atomic mass is 35.5. The van der Waals surface area contributed by atoms with Crippen LogP contribution in [0.3, 0.4) is 0 Å². The lowest BCUT2D eigenvalue weighted by molar-refractivity contribution is 0.344. The van der Waals surface area contributed by atoms with Gasteiger partial charge in [-0.15, -0.1) is 0 Å². The van der Waals surface area contributed by atoms with E-state index in [9.17, 15) is 13.2 Å². The molecule has 0 atom stereocenters. The van der Waals surface area contributed by atoms with Gasteiger partial charge in [0.15, 0.2) is 5.65 Å². The number of rotatable bonds is 8. The molecule has 1 saturated heterocycles. The topological polar surface area (TPSA) is 149 Å². The second-order valence-corrected chi connectivity index (χ2v) is 11.3. The molecule has 4 N–H and O–H groups in total. The van der Waals surface area contributed by atoms with Gasteiger partial charge in [0.05, 0.1) is 26.0 Å². The van der Waals surface area contributed by atoms with Crippen molar-refractivity contribution in [2.24, 2.45) is 0 Å². The van der Waals surface area contributed by atoms with Crippen molar-refractivity contribution in [2.75, 3.05) is 31.5 Å². The number of anilines is 2. The third-order valence-electron chi connectivity index (χ3n) is 6.20. The largest absolute Gasteiger partial charge is 0.333 e. The van der Waals surface area contributed by atoms with E-state index in [1.165, 1.54) is 18.3 Å². The molecule has 0 aliphatic carbocycles. The molecular formula is C24H24Cl2N8O3S. The van der Waals surface area contributed by atoms with Crippen LogP contribution in [0.4, 0.5) is 11.6 Å². The molecule has 0 radical (unpaired) electrons. The molecule has 5 rings (SSSR count). The van der Waals surface area contributed by atoms with E-state index in [-0.39, 0.29) is 43.1 Å². The molecule has 2 aromatic heterocycles. The molecule has 1 aliphatic rings. The van der Waals surface area contributed by atoms with E-state index in [2.05, 4.69) is 29.9 Å². The Hall–Kier alpha value is -3.29. The molecule has 198 valence electrons. The van der Waals surface area contributed by atoms with Gasteiger partial charge in [0.25, 0.3) is 0 Å². The summed E-state index contributed by atoms with van der Waals surface area (Å²) in [5.41, 5.74) is 0.0405. The molecule has 1 aliphatic heterocycles. The first-order chi connectivity index (χ1) is 18.2. The zero-order valence-corrected chi connectivity index (χ0v) is 22.4. The molecule has 0 saturated carbocycles. The van der Waals surface area contributed by atoms with Crippen molar-refractivity contribution in [1.82, 2.24) is 29.1 Å². The van der Waals surface area contributed by atoms with Crippen LogP contribution in [0.15, 0.2) is 58.4 Å². The predicted molar refractivity (Wildman–Crippen MR) is 146 cm³/mol. The van der Waals surface area contributed by atoms with Crippen LogP contribution >= 0.6 is 23.2 Å². The zero-order chi connectivity index (χ0) is 26.9. The van der Waals surface area contributed by atoms with Gasteiger partial charge in [-0.1, -0.05) is 29.3 Å². The fourth-order valence-electron chi connectivity index (χ4n) is 4.28. The van der Waals surface area contributed by atoms with Gasteiger partial charge in [-0.05, 0) is 62.3 Å². The average Bonchev–Trinajstić information content (AvgIpc) is 3.39. The van der Waals surface area contributed by atoms with Crippen LogP contribution in [0.2, 0.25) is 10.0 Å². The van der Waals surface area contributed by atoms with Crippen LogP contribution in [0, 0.1) is 5.41 Å². The number of halogens is 2. The maximum atomic E-state index is 12.8. The summed E-state index contributed by atoms with van der Waals surface area (Å²) in [5.74, 6) is 0.153. The van der Waals surface area contributed by atoms with Crippen molar-refractivity contribution in [3.05, 3.63) is 74.7 Å². The first kappa shape index (κ1) is 26.3. The number of aromatic nitrogens is 4. The lowest BCUT2D eigenvalue weighted by Gasteiger charge is -2.15. The number of hydrogen-bond donors (Lipinski definition) is 4. The van der Waals surface area contributed by atoms with Gasteiger partial charge in [-0.2, -0.15) is 4.98 Å². The first-order valence-corrected chi connectivity index (χ1v) is 14.1. The zero-order valence-electron chi connectivity index (χ0n) is 20.0. The fourth-order valence-corrected chi connectivity index (χ4v) is 5.87. The molecule has 3 heterocycles. The summed E-state index contributed by atoms with van der Waals surface area (Å²) in [6.07, 6.45) is 3.70. The monoisotopic (exact) mass is 574 g/mol. The molecule has 14 heteroatoms. The van der Waals surface area contributed by atoms with Gasteiger partial charge in [0, 0.05) is 25.0 Å². The van der Waals surface area contributed by atoms with Crippen LogP contribution in [0.25, 0.3) is 16.7 Å². The van der Waals surface area contributed by atoms with Crippen LogP contribution in [-0.4, -0.2) is 59.0 Å². The Morgan fingerprint density at radius 1 is 1.05 bits per heavy atom. The molecule has 1 fully saturated rings. The van der Waals surface area contributed by atoms with Gasteiger partial charge in [-0.25, -0.2) is 27.5 Å². The third kappa shape index (κ3) is 5.45. The van der Waals surface area contributed by atoms with E-state index in [0.29, 0.717) is 18.8 Å². The maximum absolute atomic E-state index is 12.8. The highest BCUT2D eigenvalue weighted by molar-refractivity contribution is 7.89. The van der Waals surface area contributed by atoms with Crippen molar-refractivity contribution in [1.29, 1.82) is 5.41 Å². The standard InChI is InChI=1S/C24H24Cl2N8O3S/c25-18-4-3-5-19(26)20(18)34-21(27)17-14-28-23(31-22(17)32-24(34)35)30-15-6-8-16(9-7-15)38(36,37)29-10-13-33-11-1-2-12-33/h3-9,14,27,29H,1-2,10-13H2,(H2,28,30,31,32,35). The van der Waals surface area contributed by atoms with Crippen LogP contribution in [0.1, 0.15) is 12.8 Å². The number of benzene rings is 2. The molecule has 11 nitrogen and oxygen atoms in total. The minimum atomic E-state index is -3.63. The van der Waals surface area contributed by atoms with Crippen molar-refractivity contribution < 1.29 is 8.42 Å². The average molecular weight is 575 g/mol. The molecule has 0 bridgehead atoms. The van der Waals surface area contributed by atoms with E-state index in [0.717, 1.165) is 30.5 Å². The number of likely N-dealkylation sites (tertiary alicyclic amines) is 1. The summed E-state index contributed by atoms with van der Waals surface area (Å²) >= 11 is 12.5. The van der Waals surface area contributed by atoms with Gasteiger partial charge in [-0.3, -0.25) is 10.4 Å². The number of fused-ring (bicyclic) bond motifs is 1. The number of hydrogen-bond acceptors (Lipinski definition) is 8. The summed E-state index contributed by atoms with van der Waals surface area (Å²) in [6.45, 7) is 3.05. The summed E-state index contributed by atoms with van der Waals surface area (Å²) < 4.78 is 28.9. The van der Waals surface area contributed by atoms with Gasteiger partial charge >= 0.3 is 5.69 Å². The van der Waals surface area contributed by atoms with Crippen LogP contribution in [-0.2, 0) is 10.0 Å². The number of para-hydroxylation sites is 1. The second kappa shape index (κ2) is 10.8. The lowest BCUT2D eigenvalue weighted by Crippen LogP contribution is -2.34. The van der Waals surface area contributed by atoms with Crippen molar-refractivity contribution in [2.45, 2.75) is 17.7 Å². The Bertz CT molecular complexity index is 1700. The van der Waals surface area contributed by atoms with E-state index in [4.69, 9.17) is 28.6 Å². The highest BCUT2D eigenvalue weighted by Gasteiger charge is 2.17. The summed E-state index contributed by atoms with van der Waals surface area (Å²) in [7, 11) is -3.63. The number of aromatic amines is 1. The van der Waals surface area contributed by atoms with Crippen molar-refractivity contribution >= 4 is 55.9 Å². The summed E-state index contributed by atoms with van der Waals surface area (Å²) in [5, 5.41) is 12.2. The normalized spacial score (nSPS) is 14.3. The van der Waals surface area contributed by atoms with Gasteiger partial charge in [0.1, 0.15) is 5.49 Å². The molecule has 2 aromatic carbocycles. The molecule has 38 heavy (non-hydrogen) atoms. The Labute approximate surface area is 228 Å².